The van der Waals surface area contributed by atoms with Crippen molar-refractivity contribution >= 4 is 0 Å². The predicted octanol–water partition coefficient (Wildman–Crippen LogP) is 6.23. The highest BCUT2D eigenvalue weighted by molar-refractivity contribution is 4.53. The van der Waals surface area contributed by atoms with E-state index in [0.717, 1.165) is 5.92 Å². The highest BCUT2D eigenvalue weighted by Crippen LogP contribution is 2.15. The van der Waals surface area contributed by atoms with Gasteiger partial charge in [0.1, 0.15) is 0 Å². The molecule has 0 rings (SSSR count). The Bertz CT molecular complexity index is 98.7. The SMILES string of the molecule is C.C.CCCCC(CC)CC.CCN(CC)CC. The van der Waals surface area contributed by atoms with E-state index in [1.165, 1.54) is 51.7 Å². The van der Waals surface area contributed by atoms with Crippen LogP contribution < -0.4 is 0 Å². The van der Waals surface area contributed by atoms with Crippen LogP contribution in [0.5, 0.6) is 0 Å². The highest BCUT2D eigenvalue weighted by atomic mass is 15.1. The van der Waals surface area contributed by atoms with E-state index >= 15 is 0 Å². The predicted molar refractivity (Wildman–Crippen MR) is 90.5 cm³/mol. The summed E-state index contributed by atoms with van der Waals surface area (Å²) in [6.45, 7) is 17.0. The van der Waals surface area contributed by atoms with Crippen molar-refractivity contribution in [3.05, 3.63) is 0 Å². The van der Waals surface area contributed by atoms with Gasteiger partial charge >= 0.3 is 0 Å². The zero-order chi connectivity index (χ0) is 12.8. The monoisotopic (exact) mass is 261 g/mol. The Balaban J connectivity index is -0.000000100. The minimum atomic E-state index is 0. The average molecular weight is 262 g/mol. The molecule has 1 heteroatoms. The van der Waals surface area contributed by atoms with E-state index in [0.29, 0.717) is 0 Å². The lowest BCUT2D eigenvalue weighted by Gasteiger charge is -2.13. The topological polar surface area (TPSA) is 3.24 Å². The number of hydrogen-bond donors (Lipinski definition) is 0. The van der Waals surface area contributed by atoms with Crippen molar-refractivity contribution in [2.75, 3.05) is 19.6 Å². The first-order valence-corrected chi connectivity index (χ1v) is 7.42. The van der Waals surface area contributed by atoms with Crippen molar-refractivity contribution in [3.63, 3.8) is 0 Å². The summed E-state index contributed by atoms with van der Waals surface area (Å²) < 4.78 is 0. The van der Waals surface area contributed by atoms with Crippen molar-refractivity contribution in [3.8, 4) is 0 Å². The summed E-state index contributed by atoms with van der Waals surface area (Å²) in [7, 11) is 0. The molecule has 116 valence electrons. The first-order valence-electron chi connectivity index (χ1n) is 7.42. The van der Waals surface area contributed by atoms with Gasteiger partial charge in [-0.05, 0) is 25.6 Å². The Morgan fingerprint density at radius 1 is 0.722 bits per heavy atom. The lowest BCUT2D eigenvalue weighted by molar-refractivity contribution is 0.321. The average Bonchev–Trinajstić information content (AvgIpc) is 2.34. The largest absolute Gasteiger partial charge is 0.304 e. The van der Waals surface area contributed by atoms with Gasteiger partial charge in [0.15, 0.2) is 0 Å². The van der Waals surface area contributed by atoms with Crippen LogP contribution in [0.3, 0.4) is 0 Å². The normalized spacial score (nSPS) is 9.33. The first kappa shape index (κ1) is 26.5. The molecule has 1 nitrogen and oxygen atoms in total. The second-order valence-corrected chi connectivity index (χ2v) is 4.44. The van der Waals surface area contributed by atoms with Crippen LogP contribution in [-0.4, -0.2) is 24.5 Å². The van der Waals surface area contributed by atoms with Gasteiger partial charge in [-0.2, -0.15) is 0 Å². The van der Waals surface area contributed by atoms with E-state index in [1.807, 2.05) is 0 Å². The number of nitrogens with zero attached hydrogens (tertiary/aromatic N) is 1. The van der Waals surface area contributed by atoms with Crippen LogP contribution in [0.25, 0.3) is 0 Å². The molecule has 0 heterocycles. The molecule has 0 bridgehead atoms. The molecule has 0 spiro atoms. The lowest BCUT2D eigenvalue weighted by Crippen LogP contribution is -2.21. The number of unbranched alkanes of at least 4 members (excludes halogenated alkanes) is 1. The van der Waals surface area contributed by atoms with E-state index < -0.39 is 0 Å². The van der Waals surface area contributed by atoms with Crippen LogP contribution in [-0.2, 0) is 0 Å². The fourth-order valence-electron chi connectivity index (χ4n) is 1.86. The molecular weight excluding hydrogens is 218 g/mol. The van der Waals surface area contributed by atoms with Gasteiger partial charge in [-0.1, -0.05) is 88.5 Å². The maximum Gasteiger partial charge on any atom is -0.00474 e. The fraction of sp³-hybridized carbons (Fsp3) is 1.00. The summed E-state index contributed by atoms with van der Waals surface area (Å²) >= 11 is 0. The van der Waals surface area contributed by atoms with Crippen LogP contribution in [0.15, 0.2) is 0 Å². The van der Waals surface area contributed by atoms with E-state index in [2.05, 4.69) is 46.4 Å². The summed E-state index contributed by atoms with van der Waals surface area (Å²) in [5, 5.41) is 0. The van der Waals surface area contributed by atoms with Crippen LogP contribution in [0.1, 0.15) is 88.5 Å². The molecule has 0 saturated heterocycles. The van der Waals surface area contributed by atoms with Crippen molar-refractivity contribution in [1.29, 1.82) is 0 Å². The van der Waals surface area contributed by atoms with Gasteiger partial charge in [-0.3, -0.25) is 0 Å². The zero-order valence-corrected chi connectivity index (χ0v) is 12.7. The van der Waals surface area contributed by atoms with Gasteiger partial charge in [0.2, 0.25) is 0 Å². The minimum absolute atomic E-state index is 0. The van der Waals surface area contributed by atoms with E-state index in [1.54, 1.807) is 0 Å². The van der Waals surface area contributed by atoms with Gasteiger partial charge in [0, 0.05) is 0 Å². The summed E-state index contributed by atoms with van der Waals surface area (Å²) in [4.78, 5) is 2.38. The fourth-order valence-corrected chi connectivity index (χ4v) is 1.86. The molecule has 0 aromatic rings. The molecule has 0 aliphatic carbocycles. The quantitative estimate of drug-likeness (QED) is 0.500. The molecule has 0 amide bonds. The molecule has 0 aromatic carbocycles. The second kappa shape index (κ2) is 22.2. The molecule has 18 heavy (non-hydrogen) atoms. The third-order valence-electron chi connectivity index (χ3n) is 3.46. The molecule has 0 radical (unpaired) electrons. The Morgan fingerprint density at radius 3 is 1.28 bits per heavy atom. The molecule has 0 unspecified atom stereocenters. The van der Waals surface area contributed by atoms with Crippen molar-refractivity contribution in [2.24, 2.45) is 5.92 Å². The summed E-state index contributed by atoms with van der Waals surface area (Å²) in [5.41, 5.74) is 0. The van der Waals surface area contributed by atoms with Gasteiger partial charge in [-0.15, -0.1) is 0 Å². The van der Waals surface area contributed by atoms with Gasteiger partial charge in [0.25, 0.3) is 0 Å². The summed E-state index contributed by atoms with van der Waals surface area (Å²) in [6, 6.07) is 0. The standard InChI is InChI=1S/C9H20.C6H15N.2CH4/c1-4-7-8-9(5-2)6-3;1-4-7(5-2)6-3;;/h9H,4-8H2,1-3H3;4-6H2,1-3H3;2*1H4. The van der Waals surface area contributed by atoms with Crippen molar-refractivity contribution in [1.82, 2.24) is 4.90 Å². The maximum absolute atomic E-state index is 2.38. The molecule has 0 aromatic heterocycles. The smallest absolute Gasteiger partial charge is 0.00474 e. The van der Waals surface area contributed by atoms with Crippen LogP contribution in [0.4, 0.5) is 0 Å². The molecular formula is C17H43N. The lowest BCUT2D eigenvalue weighted by atomic mass is 9.97. The zero-order valence-electron chi connectivity index (χ0n) is 12.7. The second-order valence-electron chi connectivity index (χ2n) is 4.44. The maximum atomic E-state index is 2.38. The molecule has 0 atom stereocenters. The molecule has 0 N–H and O–H groups in total. The summed E-state index contributed by atoms with van der Waals surface area (Å²) in [5.74, 6) is 1.00. The van der Waals surface area contributed by atoms with Gasteiger partial charge < -0.3 is 4.90 Å². The first-order chi connectivity index (χ1) is 7.69. The Hall–Kier alpha value is -0.0400. The Kier molecular flexibility index (Phi) is 32.6. The van der Waals surface area contributed by atoms with E-state index in [4.69, 9.17) is 0 Å². The van der Waals surface area contributed by atoms with Crippen LogP contribution in [0.2, 0.25) is 0 Å². The van der Waals surface area contributed by atoms with E-state index in [-0.39, 0.29) is 14.9 Å². The Morgan fingerprint density at radius 2 is 1.11 bits per heavy atom. The van der Waals surface area contributed by atoms with Gasteiger partial charge in [-0.25, -0.2) is 0 Å². The third-order valence-corrected chi connectivity index (χ3v) is 3.46. The van der Waals surface area contributed by atoms with Crippen LogP contribution in [0, 0.1) is 5.92 Å². The van der Waals surface area contributed by atoms with E-state index in [9.17, 15) is 0 Å². The molecule has 0 aliphatic rings. The highest BCUT2D eigenvalue weighted by Gasteiger charge is 2.00. The summed E-state index contributed by atoms with van der Waals surface area (Å²) in [6.07, 6.45) is 6.97. The molecule has 0 aliphatic heterocycles. The third kappa shape index (κ3) is 18.3. The Labute approximate surface area is 119 Å². The number of hydrogen-bond acceptors (Lipinski definition) is 1. The van der Waals surface area contributed by atoms with Crippen molar-refractivity contribution < 1.29 is 0 Å². The minimum Gasteiger partial charge on any atom is -0.304 e. The molecule has 0 fully saturated rings. The number of rotatable bonds is 8. The van der Waals surface area contributed by atoms with Crippen LogP contribution >= 0.6 is 0 Å². The molecule has 0 saturated carbocycles. The van der Waals surface area contributed by atoms with Crippen molar-refractivity contribution in [2.45, 2.75) is 88.5 Å². The van der Waals surface area contributed by atoms with Gasteiger partial charge in [0.05, 0.1) is 0 Å².